The van der Waals surface area contributed by atoms with Gasteiger partial charge in [-0.2, -0.15) is 0 Å². The van der Waals surface area contributed by atoms with Crippen LogP contribution in [0.2, 0.25) is 0 Å². The molecule has 0 fully saturated rings. The van der Waals surface area contributed by atoms with Crippen molar-refractivity contribution in [2.45, 2.75) is 123 Å². The number of rotatable bonds is 18. The van der Waals surface area contributed by atoms with Crippen LogP contribution in [0, 0.1) is 6.61 Å². The van der Waals surface area contributed by atoms with E-state index in [2.05, 4.69) is 13.8 Å². The second-order valence-electron chi connectivity index (χ2n) is 6.79. The van der Waals surface area contributed by atoms with E-state index in [4.69, 9.17) is 4.74 Å². The zero-order valence-electron chi connectivity index (χ0n) is 15.9. The summed E-state index contributed by atoms with van der Waals surface area (Å²) >= 11 is 0. The van der Waals surface area contributed by atoms with Gasteiger partial charge in [0.2, 0.25) is 0 Å². The maximum absolute atomic E-state index is 11.5. The minimum absolute atomic E-state index is 0.0476. The first-order valence-electron chi connectivity index (χ1n) is 10.3. The topological polar surface area (TPSA) is 26.3 Å². The van der Waals surface area contributed by atoms with Crippen molar-refractivity contribution in [3.05, 3.63) is 6.61 Å². The first-order valence-corrected chi connectivity index (χ1v) is 10.3. The van der Waals surface area contributed by atoms with Gasteiger partial charge in [0.25, 0.3) is 0 Å². The lowest BCUT2D eigenvalue weighted by Gasteiger charge is -2.04. The van der Waals surface area contributed by atoms with Gasteiger partial charge < -0.3 is 4.74 Å². The highest BCUT2D eigenvalue weighted by atomic mass is 16.5. The summed E-state index contributed by atoms with van der Waals surface area (Å²) in [5, 5.41) is 0. The summed E-state index contributed by atoms with van der Waals surface area (Å²) in [6.07, 6.45) is 20.9. The molecule has 0 saturated carbocycles. The third-order valence-corrected chi connectivity index (χ3v) is 4.37. The molecule has 0 amide bonds. The number of esters is 1. The summed E-state index contributed by atoms with van der Waals surface area (Å²) in [6.45, 7) is 6.19. The van der Waals surface area contributed by atoms with Crippen molar-refractivity contribution >= 4 is 5.97 Å². The number of carbonyl (C=O) groups excluding carboxylic acids is 1. The van der Waals surface area contributed by atoms with E-state index >= 15 is 0 Å². The smallest absolute Gasteiger partial charge is 0.306 e. The molecule has 0 heterocycles. The fourth-order valence-electron chi connectivity index (χ4n) is 2.80. The van der Waals surface area contributed by atoms with Gasteiger partial charge in [-0.15, -0.1) is 0 Å². The molecule has 0 spiro atoms. The Morgan fingerprint density at radius 2 is 1.09 bits per heavy atom. The summed E-state index contributed by atoms with van der Waals surface area (Å²) in [6, 6.07) is 0. The van der Waals surface area contributed by atoms with Gasteiger partial charge in [-0.3, -0.25) is 4.79 Å². The first-order chi connectivity index (χ1) is 11.3. The van der Waals surface area contributed by atoms with Crippen LogP contribution in [0.5, 0.6) is 0 Å². The van der Waals surface area contributed by atoms with E-state index in [1.165, 1.54) is 77.0 Å². The molecule has 0 aromatic carbocycles. The lowest BCUT2D eigenvalue weighted by atomic mass is 10.1. The molecule has 0 aliphatic carbocycles. The van der Waals surface area contributed by atoms with Crippen molar-refractivity contribution in [1.29, 1.82) is 0 Å². The Bertz CT molecular complexity index is 238. The highest BCUT2D eigenvalue weighted by molar-refractivity contribution is 5.69. The standard InChI is InChI=1S/C21H41O2/c1-3-5-7-9-10-11-12-13-14-16-18-20-23-21(22)19-17-15-8-6-4-2/h20H,3-19H2,1-2H3. The Labute approximate surface area is 145 Å². The van der Waals surface area contributed by atoms with Crippen molar-refractivity contribution in [2.24, 2.45) is 0 Å². The van der Waals surface area contributed by atoms with E-state index in [9.17, 15) is 4.79 Å². The maximum atomic E-state index is 11.5. The molecular formula is C21H41O2. The first kappa shape index (κ1) is 22.5. The molecule has 0 atom stereocenters. The van der Waals surface area contributed by atoms with Gasteiger partial charge in [0.1, 0.15) is 6.61 Å². The molecule has 0 unspecified atom stereocenters. The second-order valence-corrected chi connectivity index (χ2v) is 6.79. The largest absolute Gasteiger partial charge is 0.458 e. The van der Waals surface area contributed by atoms with Crippen LogP contribution in [0.3, 0.4) is 0 Å². The fourth-order valence-corrected chi connectivity index (χ4v) is 2.80. The molecule has 23 heavy (non-hydrogen) atoms. The molecule has 2 nitrogen and oxygen atoms in total. The Balaban J connectivity index is 3.10. The second kappa shape index (κ2) is 19.5. The highest BCUT2D eigenvalue weighted by Gasteiger charge is 2.02. The molecule has 0 bridgehead atoms. The molecule has 0 aliphatic heterocycles. The molecule has 0 N–H and O–H groups in total. The minimum atomic E-state index is -0.0476. The van der Waals surface area contributed by atoms with Crippen LogP contribution >= 0.6 is 0 Å². The molecule has 2 heteroatoms. The van der Waals surface area contributed by atoms with E-state index in [-0.39, 0.29) is 5.97 Å². The number of hydrogen-bond donors (Lipinski definition) is 0. The molecule has 0 aromatic heterocycles. The van der Waals surface area contributed by atoms with Crippen LogP contribution in [0.15, 0.2) is 0 Å². The van der Waals surface area contributed by atoms with Crippen molar-refractivity contribution in [2.75, 3.05) is 0 Å². The van der Waals surface area contributed by atoms with E-state index in [1.807, 2.05) is 0 Å². The van der Waals surface area contributed by atoms with Crippen molar-refractivity contribution in [3.8, 4) is 0 Å². The van der Waals surface area contributed by atoms with Gasteiger partial charge in [-0.05, 0) is 19.3 Å². The number of unbranched alkanes of at least 4 members (excludes halogenated alkanes) is 14. The predicted octanol–water partition coefficient (Wildman–Crippen LogP) is 7.36. The Hall–Kier alpha value is -0.530. The maximum Gasteiger partial charge on any atom is 0.306 e. The fraction of sp³-hybridized carbons (Fsp3) is 0.905. The van der Waals surface area contributed by atoms with Crippen molar-refractivity contribution < 1.29 is 9.53 Å². The third-order valence-electron chi connectivity index (χ3n) is 4.37. The summed E-state index contributed by atoms with van der Waals surface area (Å²) in [5.74, 6) is -0.0476. The molecule has 0 aromatic rings. The Morgan fingerprint density at radius 1 is 0.652 bits per heavy atom. The van der Waals surface area contributed by atoms with E-state index < -0.39 is 0 Å². The van der Waals surface area contributed by atoms with Gasteiger partial charge in [-0.1, -0.05) is 97.3 Å². The SMILES string of the molecule is CCCCCCCCCCCC[CH]OC(=O)CCCCCCC. The number of hydrogen-bond acceptors (Lipinski definition) is 2. The number of carbonyl (C=O) groups is 1. The van der Waals surface area contributed by atoms with Crippen LogP contribution < -0.4 is 0 Å². The van der Waals surface area contributed by atoms with Crippen LogP contribution in [-0.4, -0.2) is 5.97 Å². The van der Waals surface area contributed by atoms with Crippen LogP contribution in [-0.2, 0) is 9.53 Å². The van der Waals surface area contributed by atoms with Gasteiger partial charge in [0.15, 0.2) is 0 Å². The lowest BCUT2D eigenvalue weighted by Crippen LogP contribution is -2.02. The minimum Gasteiger partial charge on any atom is -0.458 e. The van der Waals surface area contributed by atoms with Gasteiger partial charge >= 0.3 is 5.97 Å². The van der Waals surface area contributed by atoms with Crippen LogP contribution in [0.4, 0.5) is 0 Å². The Morgan fingerprint density at radius 3 is 1.61 bits per heavy atom. The Kier molecular flexibility index (Phi) is 19.1. The molecular weight excluding hydrogens is 284 g/mol. The van der Waals surface area contributed by atoms with Crippen molar-refractivity contribution in [3.63, 3.8) is 0 Å². The zero-order valence-corrected chi connectivity index (χ0v) is 15.9. The monoisotopic (exact) mass is 325 g/mol. The molecule has 0 saturated heterocycles. The van der Waals surface area contributed by atoms with E-state index in [0.717, 1.165) is 25.7 Å². The lowest BCUT2D eigenvalue weighted by molar-refractivity contribution is -0.140. The predicted molar refractivity (Wildman–Crippen MR) is 100 cm³/mol. The quantitative estimate of drug-likeness (QED) is 0.194. The van der Waals surface area contributed by atoms with Crippen LogP contribution in [0.1, 0.15) is 123 Å². The van der Waals surface area contributed by atoms with Crippen molar-refractivity contribution in [1.82, 2.24) is 0 Å². The summed E-state index contributed by atoms with van der Waals surface area (Å²) < 4.78 is 5.17. The highest BCUT2D eigenvalue weighted by Crippen LogP contribution is 2.12. The average Bonchev–Trinajstić information content (AvgIpc) is 2.55. The van der Waals surface area contributed by atoms with Crippen LogP contribution in [0.25, 0.3) is 0 Å². The molecule has 0 aliphatic rings. The number of ether oxygens (including phenoxy) is 1. The molecule has 1 radical (unpaired) electrons. The zero-order chi connectivity index (χ0) is 17.0. The van der Waals surface area contributed by atoms with Gasteiger partial charge in [-0.25, -0.2) is 0 Å². The average molecular weight is 326 g/mol. The normalized spacial score (nSPS) is 10.9. The summed E-state index contributed by atoms with van der Waals surface area (Å²) in [4.78, 5) is 11.5. The summed E-state index contributed by atoms with van der Waals surface area (Å²) in [7, 11) is 0. The summed E-state index contributed by atoms with van der Waals surface area (Å²) in [5.41, 5.74) is 0. The molecule has 137 valence electrons. The van der Waals surface area contributed by atoms with Gasteiger partial charge in [0, 0.05) is 6.42 Å². The third kappa shape index (κ3) is 19.4. The van der Waals surface area contributed by atoms with Gasteiger partial charge in [0.05, 0.1) is 0 Å². The molecule has 0 rings (SSSR count). The van der Waals surface area contributed by atoms with E-state index in [0.29, 0.717) is 6.42 Å². The van der Waals surface area contributed by atoms with E-state index in [1.54, 1.807) is 6.61 Å².